The Bertz CT molecular complexity index is 435. The van der Waals surface area contributed by atoms with Crippen molar-refractivity contribution in [1.29, 1.82) is 0 Å². The minimum Gasteiger partial charge on any atom is -0.278 e. The molecule has 1 aliphatic rings. The van der Waals surface area contributed by atoms with Crippen LogP contribution in [0.15, 0.2) is 18.2 Å². The van der Waals surface area contributed by atoms with Crippen molar-refractivity contribution in [1.82, 2.24) is 4.90 Å². The molecule has 0 unspecified atom stereocenters. The van der Waals surface area contributed by atoms with E-state index >= 15 is 0 Å². The van der Waals surface area contributed by atoms with Gasteiger partial charge in [0.25, 0.3) is 0 Å². The van der Waals surface area contributed by atoms with Crippen LogP contribution < -0.4 is 0 Å². The molecular weight excluding hydrogens is 202 g/mol. The summed E-state index contributed by atoms with van der Waals surface area (Å²) >= 11 is 0. The Morgan fingerprint density at radius 3 is 2.31 bits per heavy atom. The van der Waals surface area contributed by atoms with Crippen LogP contribution in [-0.2, 0) is 16.1 Å². The molecule has 1 heterocycles. The van der Waals surface area contributed by atoms with Crippen LogP contribution >= 0.6 is 0 Å². The van der Waals surface area contributed by atoms with Gasteiger partial charge in [0.15, 0.2) is 0 Å². The minimum atomic E-state index is -0.0509. The topological polar surface area (TPSA) is 37.4 Å². The van der Waals surface area contributed by atoms with Crippen LogP contribution in [0.25, 0.3) is 0 Å². The molecule has 3 nitrogen and oxygen atoms in total. The van der Waals surface area contributed by atoms with Crippen LogP contribution in [0.2, 0.25) is 0 Å². The fraction of sp³-hybridized carbons (Fsp3) is 0.385. The lowest BCUT2D eigenvalue weighted by Gasteiger charge is -2.15. The van der Waals surface area contributed by atoms with Crippen LogP contribution in [0, 0.1) is 13.8 Å². The summed E-state index contributed by atoms with van der Waals surface area (Å²) in [5.41, 5.74) is 3.38. The van der Waals surface area contributed by atoms with Gasteiger partial charge in [-0.15, -0.1) is 0 Å². The maximum absolute atomic E-state index is 11.5. The zero-order chi connectivity index (χ0) is 11.7. The first-order valence-electron chi connectivity index (χ1n) is 5.47. The van der Waals surface area contributed by atoms with E-state index in [1.165, 1.54) is 10.5 Å². The van der Waals surface area contributed by atoms with Crippen molar-refractivity contribution in [2.24, 2.45) is 0 Å². The third-order valence-electron chi connectivity index (χ3n) is 2.98. The van der Waals surface area contributed by atoms with Crippen LogP contribution in [0.3, 0.4) is 0 Å². The summed E-state index contributed by atoms with van der Waals surface area (Å²) in [4.78, 5) is 24.3. The number of hydrogen-bond acceptors (Lipinski definition) is 2. The Morgan fingerprint density at radius 2 is 1.75 bits per heavy atom. The van der Waals surface area contributed by atoms with E-state index in [4.69, 9.17) is 0 Å². The molecular formula is C13H15NO2. The number of carbonyl (C=O) groups excluding carboxylic acids is 2. The van der Waals surface area contributed by atoms with Crippen LogP contribution in [0.5, 0.6) is 0 Å². The normalized spacial score (nSPS) is 16.0. The van der Waals surface area contributed by atoms with Crippen molar-refractivity contribution in [3.05, 3.63) is 34.9 Å². The molecule has 0 aromatic heterocycles. The van der Waals surface area contributed by atoms with Gasteiger partial charge in [-0.3, -0.25) is 14.5 Å². The first-order valence-corrected chi connectivity index (χ1v) is 5.47. The highest BCUT2D eigenvalue weighted by Crippen LogP contribution is 2.18. The Labute approximate surface area is 95.1 Å². The molecule has 1 aliphatic heterocycles. The zero-order valence-corrected chi connectivity index (χ0v) is 9.62. The van der Waals surface area contributed by atoms with Crippen molar-refractivity contribution in [3.8, 4) is 0 Å². The largest absolute Gasteiger partial charge is 0.278 e. The summed E-state index contributed by atoms with van der Waals surface area (Å²) in [5, 5.41) is 0. The highest BCUT2D eigenvalue weighted by molar-refractivity contribution is 6.01. The molecule has 0 bridgehead atoms. The average molecular weight is 217 g/mol. The SMILES string of the molecule is Cc1ccc(CN2C(=O)CCC2=O)c(C)c1. The van der Waals surface area contributed by atoms with Gasteiger partial charge in [0.05, 0.1) is 6.54 Å². The van der Waals surface area contributed by atoms with Crippen molar-refractivity contribution in [3.63, 3.8) is 0 Å². The predicted molar refractivity (Wildman–Crippen MR) is 60.7 cm³/mol. The molecule has 0 radical (unpaired) electrons. The summed E-state index contributed by atoms with van der Waals surface area (Å²) in [7, 11) is 0. The summed E-state index contributed by atoms with van der Waals surface area (Å²) < 4.78 is 0. The second kappa shape index (κ2) is 4.08. The van der Waals surface area contributed by atoms with Crippen LogP contribution in [-0.4, -0.2) is 16.7 Å². The van der Waals surface area contributed by atoms with E-state index in [1.54, 1.807) is 0 Å². The second-order valence-corrected chi connectivity index (χ2v) is 4.30. The van der Waals surface area contributed by atoms with Gasteiger partial charge >= 0.3 is 0 Å². The molecule has 0 saturated carbocycles. The van der Waals surface area contributed by atoms with E-state index in [9.17, 15) is 9.59 Å². The molecule has 1 saturated heterocycles. The number of amides is 2. The van der Waals surface area contributed by atoms with Crippen LogP contribution in [0.4, 0.5) is 0 Å². The van der Waals surface area contributed by atoms with Crippen molar-refractivity contribution < 1.29 is 9.59 Å². The molecule has 0 atom stereocenters. The highest BCUT2D eigenvalue weighted by Gasteiger charge is 2.28. The van der Waals surface area contributed by atoms with Gasteiger partial charge in [0, 0.05) is 12.8 Å². The molecule has 84 valence electrons. The Balaban J connectivity index is 2.20. The van der Waals surface area contributed by atoms with E-state index < -0.39 is 0 Å². The fourth-order valence-corrected chi connectivity index (χ4v) is 1.99. The molecule has 1 aromatic rings. The number of hydrogen-bond donors (Lipinski definition) is 0. The van der Waals surface area contributed by atoms with Crippen LogP contribution in [0.1, 0.15) is 29.5 Å². The maximum Gasteiger partial charge on any atom is 0.229 e. The quantitative estimate of drug-likeness (QED) is 0.710. The van der Waals surface area contributed by atoms with E-state index in [2.05, 4.69) is 6.07 Å². The molecule has 0 spiro atoms. The Kier molecular flexibility index (Phi) is 2.77. The zero-order valence-electron chi connectivity index (χ0n) is 9.62. The number of aryl methyl sites for hydroxylation is 2. The number of carbonyl (C=O) groups is 2. The van der Waals surface area contributed by atoms with E-state index in [1.807, 2.05) is 26.0 Å². The average Bonchev–Trinajstić information content (AvgIpc) is 2.53. The summed E-state index contributed by atoms with van der Waals surface area (Å²) in [5.74, 6) is -0.102. The van der Waals surface area contributed by atoms with Gasteiger partial charge in [-0.1, -0.05) is 23.8 Å². The predicted octanol–water partition coefficient (Wildman–Crippen LogP) is 1.95. The van der Waals surface area contributed by atoms with Crippen molar-refractivity contribution >= 4 is 11.8 Å². The standard InChI is InChI=1S/C13H15NO2/c1-9-3-4-11(10(2)7-9)8-14-12(15)5-6-13(14)16/h3-4,7H,5-6,8H2,1-2H3. The fourth-order valence-electron chi connectivity index (χ4n) is 1.99. The first-order chi connectivity index (χ1) is 7.58. The van der Waals surface area contributed by atoms with E-state index in [0.717, 1.165) is 11.1 Å². The smallest absolute Gasteiger partial charge is 0.229 e. The van der Waals surface area contributed by atoms with E-state index in [-0.39, 0.29) is 11.8 Å². The van der Waals surface area contributed by atoms with Crippen molar-refractivity contribution in [2.45, 2.75) is 33.2 Å². The summed E-state index contributed by atoms with van der Waals surface area (Å²) in [6.07, 6.45) is 0.730. The third kappa shape index (κ3) is 1.98. The lowest BCUT2D eigenvalue weighted by atomic mass is 10.1. The molecule has 1 aromatic carbocycles. The molecule has 2 amide bonds. The summed E-state index contributed by atoms with van der Waals surface area (Å²) in [6, 6.07) is 6.07. The molecule has 2 rings (SSSR count). The Morgan fingerprint density at radius 1 is 1.12 bits per heavy atom. The maximum atomic E-state index is 11.5. The van der Waals surface area contributed by atoms with Gasteiger partial charge < -0.3 is 0 Å². The number of rotatable bonds is 2. The van der Waals surface area contributed by atoms with Gasteiger partial charge in [0.1, 0.15) is 0 Å². The second-order valence-electron chi connectivity index (χ2n) is 4.30. The van der Waals surface area contributed by atoms with Gasteiger partial charge in [-0.2, -0.15) is 0 Å². The lowest BCUT2D eigenvalue weighted by molar-refractivity contribution is -0.139. The first kappa shape index (κ1) is 10.9. The number of nitrogens with zero attached hydrogens (tertiary/aromatic N) is 1. The number of likely N-dealkylation sites (tertiary alicyclic amines) is 1. The summed E-state index contributed by atoms with van der Waals surface area (Å²) in [6.45, 7) is 4.46. The monoisotopic (exact) mass is 217 g/mol. The molecule has 0 aliphatic carbocycles. The van der Waals surface area contributed by atoms with Gasteiger partial charge in [0.2, 0.25) is 11.8 Å². The molecule has 1 fully saturated rings. The highest BCUT2D eigenvalue weighted by atomic mass is 16.2. The molecule has 3 heteroatoms. The third-order valence-corrected chi connectivity index (χ3v) is 2.98. The number of benzene rings is 1. The molecule has 16 heavy (non-hydrogen) atoms. The molecule has 0 N–H and O–H groups in total. The minimum absolute atomic E-state index is 0.0509. The van der Waals surface area contributed by atoms with Gasteiger partial charge in [-0.05, 0) is 25.0 Å². The van der Waals surface area contributed by atoms with Crippen molar-refractivity contribution in [2.75, 3.05) is 0 Å². The lowest BCUT2D eigenvalue weighted by Crippen LogP contribution is -2.28. The van der Waals surface area contributed by atoms with E-state index in [0.29, 0.717) is 19.4 Å². The number of imide groups is 1. The Hall–Kier alpha value is -1.64. The van der Waals surface area contributed by atoms with Gasteiger partial charge in [-0.25, -0.2) is 0 Å².